The van der Waals surface area contributed by atoms with Gasteiger partial charge in [-0.15, -0.1) is 0 Å². The van der Waals surface area contributed by atoms with Gasteiger partial charge >= 0.3 is 0 Å². The van der Waals surface area contributed by atoms with Crippen molar-refractivity contribution in [2.45, 2.75) is 198 Å². The number of fused-ring (bicyclic) bond motifs is 1. The van der Waals surface area contributed by atoms with E-state index in [0.29, 0.717) is 18.8 Å². The normalized spacial score (nSPS) is 23.9. The van der Waals surface area contributed by atoms with Gasteiger partial charge in [-0.1, -0.05) is 116 Å². The van der Waals surface area contributed by atoms with Crippen molar-refractivity contribution in [3.8, 4) is 0 Å². The molecule has 8 N–H and O–H groups in total. The molecule has 4 heterocycles. The summed E-state index contributed by atoms with van der Waals surface area (Å²) in [6.45, 7) is 2.46. The lowest BCUT2D eigenvalue weighted by molar-refractivity contribution is -0.347. The van der Waals surface area contributed by atoms with Crippen LogP contribution in [-0.4, -0.2) is 145 Å². The number of nitrogens with one attached hydrogen (secondary N) is 2. The number of carbonyl (C=O) groups is 3. The summed E-state index contributed by atoms with van der Waals surface area (Å²) in [4.78, 5) is 97.2. The number of unbranched alkanes of at least 4 members (excludes halogenated alkanes) is 15. The Bertz CT molecular complexity index is 2300. The first-order valence-corrected chi connectivity index (χ1v) is 31.8. The topological polar surface area (TPSA) is 434 Å². The quantitative estimate of drug-likeness (QED) is 0.0369. The molecule has 448 valence electrons. The number of aliphatic hydroxyl groups is 4. The number of ether oxygens (including phenoxy) is 3. The van der Waals surface area contributed by atoms with Crippen LogP contribution in [0.5, 0.6) is 0 Å². The number of nitrogen functional groups attached to an aromatic ring is 1. The van der Waals surface area contributed by atoms with Crippen molar-refractivity contribution in [2.24, 2.45) is 5.41 Å². The fourth-order valence-corrected chi connectivity index (χ4v) is 11.9. The van der Waals surface area contributed by atoms with Crippen molar-refractivity contribution in [3.05, 3.63) is 12.7 Å². The molecule has 2 aliphatic rings. The van der Waals surface area contributed by atoms with Crippen molar-refractivity contribution in [1.82, 2.24) is 30.2 Å². The molecule has 32 heteroatoms. The Morgan fingerprint density at radius 1 is 0.821 bits per heavy atom. The summed E-state index contributed by atoms with van der Waals surface area (Å²) in [6, 6.07) is 0. The molecule has 2 amide bonds. The Labute approximate surface area is 458 Å². The number of carbonyl (C=O) groups excluding carboxylic acids is 3. The van der Waals surface area contributed by atoms with Gasteiger partial charge in [-0.3, -0.25) is 28.1 Å². The largest absolute Gasteiger partial charge is 0.790 e. The summed E-state index contributed by atoms with van der Waals surface area (Å²) in [5, 5.41) is 46.3. The molecule has 2 saturated heterocycles. The molecule has 0 aliphatic carbocycles. The molecule has 0 saturated carbocycles. The van der Waals surface area contributed by atoms with Gasteiger partial charge in [-0.2, -0.15) is 0 Å². The van der Waals surface area contributed by atoms with Gasteiger partial charge in [0.05, 0.1) is 39.6 Å². The summed E-state index contributed by atoms with van der Waals surface area (Å²) in [7, 11) is -17.6. The minimum atomic E-state index is -5.93. The minimum absolute atomic E-state index is 0.0227. The summed E-state index contributed by atoms with van der Waals surface area (Å²) < 4.78 is 72.1. The van der Waals surface area contributed by atoms with Crippen LogP contribution in [0.4, 0.5) is 5.82 Å². The second-order valence-corrected chi connectivity index (χ2v) is 25.3. The Morgan fingerprint density at radius 2 is 1.41 bits per heavy atom. The number of aliphatic hydroxyl groups excluding tert-OH is 4. The number of hydrogen-bond donors (Lipinski definition) is 7. The van der Waals surface area contributed by atoms with E-state index in [1.54, 1.807) is 6.92 Å². The lowest BCUT2D eigenvalue weighted by Crippen LogP contribution is -2.47. The number of anilines is 1. The summed E-state index contributed by atoms with van der Waals surface area (Å²) in [5.74, 6) is -1.17. The van der Waals surface area contributed by atoms with Crippen LogP contribution in [0.2, 0.25) is 0 Å². The van der Waals surface area contributed by atoms with Crippen LogP contribution < -0.4 is 35.9 Å². The third-order valence-corrected chi connectivity index (χ3v) is 16.9. The van der Waals surface area contributed by atoms with Gasteiger partial charge in [0.1, 0.15) is 42.4 Å². The SMILES string of the molecule is C[C@@H]1O[C@@H](OCCCCCCCCCCCCCCCCCCC(=O)SCCNC(=O)CCNC(=O)[C@H](O)C(C)(C)COP(=O)([O-])OP(=O)([O-])OC[C@H]2O[C@@H](n3cnc4c(N)ncnc43)[C@H](O)[C@@H]2OP(=O)([O-])[O-])[C@H](O)C[C@H]1O. The van der Waals surface area contributed by atoms with Crippen molar-refractivity contribution >= 4 is 69.1 Å². The average Bonchev–Trinajstić information content (AvgIpc) is 3.99. The Balaban J connectivity index is 0.971. The highest BCUT2D eigenvalue weighted by atomic mass is 32.2. The van der Waals surface area contributed by atoms with Crippen LogP contribution >= 0.6 is 35.2 Å². The zero-order valence-electron chi connectivity index (χ0n) is 44.4. The number of thioether (sulfide) groups is 1. The molecule has 2 aromatic heterocycles. The molecule has 2 unspecified atom stereocenters. The third-order valence-electron chi connectivity index (χ3n) is 13.0. The van der Waals surface area contributed by atoms with Crippen LogP contribution in [0.25, 0.3) is 11.2 Å². The first-order valence-electron chi connectivity index (χ1n) is 26.4. The number of phosphoric acid groups is 3. The average molecular weight is 1190 g/mol. The van der Waals surface area contributed by atoms with Crippen LogP contribution in [0, 0.1) is 5.41 Å². The lowest BCUT2D eigenvalue weighted by atomic mass is 9.87. The van der Waals surface area contributed by atoms with E-state index in [1.165, 1.54) is 78.1 Å². The molecule has 0 bridgehead atoms. The zero-order chi connectivity index (χ0) is 57.5. The molecule has 2 fully saturated rings. The van der Waals surface area contributed by atoms with Crippen LogP contribution in [0.3, 0.4) is 0 Å². The Hall–Kier alpha value is -2.60. The second kappa shape index (κ2) is 33.5. The highest BCUT2D eigenvalue weighted by Gasteiger charge is 2.47. The standard InChI is InChI=1S/C46H82N7O21P3S/c1-31-32(54)26-33(55)45(71-31)68-24-19-17-15-13-11-9-7-5-4-6-8-10-12-14-16-18-20-36(57)78-25-23-48-35(56)21-22-49-43(60)40(59)46(2,3)28-70-77(66,67)74-76(64,65)69-27-34-39(73-75(61,62)63)38(58)44(72-34)53-30-52-37-41(47)50-29-51-42(37)53/h29-34,38-40,44-45,54-55,58-59H,4-28H2,1-3H3,(H,48,56)(H,49,60)(H,64,65)(H,66,67)(H2,47,50,51)(H2,61,62,63)/p-4/t31-,32+,33+,34+,38+,39+,40-,44+,45+/m0/s1. The highest BCUT2D eigenvalue weighted by Crippen LogP contribution is 2.56. The molecular weight excluding hydrogens is 1110 g/mol. The van der Waals surface area contributed by atoms with Crippen molar-refractivity contribution < 1.29 is 100 Å². The van der Waals surface area contributed by atoms with Gasteiger partial charge in [-0.05, 0) is 19.8 Å². The van der Waals surface area contributed by atoms with Gasteiger partial charge in [0.25, 0.3) is 15.6 Å². The van der Waals surface area contributed by atoms with E-state index in [1.807, 2.05) is 0 Å². The smallest absolute Gasteiger partial charge is 0.274 e. The summed E-state index contributed by atoms with van der Waals surface area (Å²) in [5.41, 5.74) is 4.08. The predicted molar refractivity (Wildman–Crippen MR) is 274 cm³/mol. The monoisotopic (exact) mass is 1190 g/mol. The molecule has 2 aromatic rings. The highest BCUT2D eigenvalue weighted by molar-refractivity contribution is 8.13. The number of amides is 2. The Kier molecular flexibility index (Phi) is 29.2. The van der Waals surface area contributed by atoms with Gasteiger partial charge in [0.15, 0.2) is 29.1 Å². The van der Waals surface area contributed by atoms with Crippen LogP contribution in [0.1, 0.15) is 149 Å². The third kappa shape index (κ3) is 24.5. The van der Waals surface area contributed by atoms with E-state index in [-0.39, 0.29) is 54.1 Å². The van der Waals surface area contributed by atoms with Crippen molar-refractivity contribution in [1.29, 1.82) is 0 Å². The molecule has 0 aromatic carbocycles. The first-order chi connectivity index (χ1) is 36.8. The maximum Gasteiger partial charge on any atom is 0.274 e. The maximum atomic E-state index is 12.7. The fourth-order valence-electron chi connectivity index (χ4n) is 8.48. The zero-order valence-corrected chi connectivity index (χ0v) is 47.9. The summed E-state index contributed by atoms with van der Waals surface area (Å²) >= 11 is 1.13. The van der Waals surface area contributed by atoms with Crippen molar-refractivity contribution in [3.63, 3.8) is 0 Å². The van der Waals surface area contributed by atoms with E-state index < -0.39 is 103 Å². The molecule has 11 atom stereocenters. The Morgan fingerprint density at radius 3 is 2.03 bits per heavy atom. The number of aromatic nitrogens is 4. The minimum Gasteiger partial charge on any atom is -0.790 e. The number of hydrogen-bond acceptors (Lipinski definition) is 26. The second-order valence-electron chi connectivity index (χ2n) is 20.1. The molecule has 0 radical (unpaired) electrons. The predicted octanol–water partition coefficient (Wildman–Crippen LogP) is 1.64. The van der Waals surface area contributed by atoms with Crippen molar-refractivity contribution in [2.75, 3.05) is 44.4 Å². The molecule has 2 aliphatic heterocycles. The fraction of sp³-hybridized carbons (Fsp3) is 0.826. The molecule has 4 rings (SSSR count). The van der Waals surface area contributed by atoms with Gasteiger partial charge in [0, 0.05) is 50.1 Å². The van der Waals surface area contributed by atoms with E-state index in [9.17, 15) is 68.1 Å². The maximum absolute atomic E-state index is 12.7. The van der Waals surface area contributed by atoms with Crippen LogP contribution in [-0.2, 0) is 60.2 Å². The number of nitrogens with zero attached hydrogens (tertiary/aromatic N) is 4. The van der Waals surface area contributed by atoms with Gasteiger partial charge in [0.2, 0.25) is 11.8 Å². The molecule has 0 spiro atoms. The number of phosphoric ester groups is 3. The first kappa shape index (κ1) is 67.9. The van der Waals surface area contributed by atoms with E-state index in [2.05, 4.69) is 43.5 Å². The van der Waals surface area contributed by atoms with E-state index >= 15 is 0 Å². The van der Waals surface area contributed by atoms with Gasteiger partial charge in [-0.25, -0.2) is 19.3 Å². The lowest BCUT2D eigenvalue weighted by Gasteiger charge is -2.36. The molecule has 78 heavy (non-hydrogen) atoms. The number of rotatable bonds is 39. The number of nitrogens with two attached hydrogens (primary N) is 1. The summed E-state index contributed by atoms with van der Waals surface area (Å²) in [6.07, 6.45) is 9.06. The van der Waals surface area contributed by atoms with E-state index in [4.69, 9.17) is 19.9 Å². The van der Waals surface area contributed by atoms with Gasteiger partial charge < -0.3 is 88.7 Å². The molecular formula is C46H78N7O21P3S-4. The van der Waals surface area contributed by atoms with Crippen LogP contribution in [0.15, 0.2) is 12.7 Å². The number of imidazole rings is 1. The molecule has 28 nitrogen and oxygen atoms in total. The van der Waals surface area contributed by atoms with E-state index in [0.717, 1.165) is 67.5 Å².